The lowest BCUT2D eigenvalue weighted by Gasteiger charge is -2.24. The zero-order valence-corrected chi connectivity index (χ0v) is 18.3. The number of rotatable bonds is 5. The summed E-state index contributed by atoms with van der Waals surface area (Å²) in [5.41, 5.74) is -0.250. The number of halogens is 1. The number of benzene rings is 1. The molecule has 2 unspecified atom stereocenters. The molecule has 3 aromatic rings. The predicted octanol–water partition coefficient (Wildman–Crippen LogP) is 3.63. The predicted molar refractivity (Wildman–Crippen MR) is 118 cm³/mol. The number of hydrogen-bond acceptors (Lipinski definition) is 6. The van der Waals surface area contributed by atoms with Gasteiger partial charge in [0.25, 0.3) is 11.8 Å². The van der Waals surface area contributed by atoms with Gasteiger partial charge >= 0.3 is 6.03 Å². The molecule has 2 aliphatic rings. The molecular formula is C23H19FN4O4S. The van der Waals surface area contributed by atoms with Crippen LogP contribution in [0.3, 0.4) is 0 Å². The molecule has 0 spiro atoms. The fraction of sp³-hybridized carbons (Fsp3) is 0.217. The van der Waals surface area contributed by atoms with Crippen LogP contribution in [0.5, 0.6) is 0 Å². The third-order valence-corrected chi connectivity index (χ3v) is 6.75. The molecule has 2 aromatic heterocycles. The monoisotopic (exact) mass is 466 g/mol. The maximum Gasteiger partial charge on any atom is 0.325 e. The molecule has 5 rings (SSSR count). The van der Waals surface area contributed by atoms with Crippen LogP contribution in [0, 0.1) is 5.82 Å². The fourth-order valence-corrected chi connectivity index (χ4v) is 4.78. The molecular weight excluding hydrogens is 447 g/mol. The Balaban J connectivity index is 1.40. The summed E-state index contributed by atoms with van der Waals surface area (Å²) in [5, 5.41) is 10.3. The molecule has 0 radical (unpaired) electrons. The SMILES string of the molecule is CC1(c2ccc(F)cc2)NC(=O)N(CC(=O)N2N=C(c3cccs3)CC2c2ccco2)C1=O. The van der Waals surface area contributed by atoms with Crippen molar-refractivity contribution < 1.29 is 23.2 Å². The third kappa shape index (κ3) is 3.62. The van der Waals surface area contributed by atoms with E-state index in [2.05, 4.69) is 10.4 Å². The maximum absolute atomic E-state index is 13.3. The Morgan fingerprint density at radius 2 is 2.03 bits per heavy atom. The van der Waals surface area contributed by atoms with Crippen LogP contribution in [0.2, 0.25) is 0 Å². The van der Waals surface area contributed by atoms with E-state index in [0.717, 1.165) is 15.5 Å². The highest BCUT2D eigenvalue weighted by Crippen LogP contribution is 2.35. The van der Waals surface area contributed by atoms with Crippen molar-refractivity contribution >= 4 is 34.9 Å². The van der Waals surface area contributed by atoms with Gasteiger partial charge < -0.3 is 9.73 Å². The van der Waals surface area contributed by atoms with Gasteiger partial charge in [0.05, 0.1) is 16.9 Å². The average molecular weight is 466 g/mol. The average Bonchev–Trinajstić information content (AvgIpc) is 3.58. The van der Waals surface area contributed by atoms with Gasteiger partial charge in [0, 0.05) is 6.42 Å². The second-order valence-electron chi connectivity index (χ2n) is 7.95. The number of imide groups is 1. The minimum Gasteiger partial charge on any atom is -0.467 e. The number of nitrogens with one attached hydrogen (secondary N) is 1. The van der Waals surface area contributed by atoms with E-state index in [-0.39, 0.29) is 0 Å². The second kappa shape index (κ2) is 7.96. The van der Waals surface area contributed by atoms with Crippen LogP contribution in [0.25, 0.3) is 0 Å². The van der Waals surface area contributed by atoms with Crippen LogP contribution in [-0.4, -0.2) is 40.0 Å². The highest BCUT2D eigenvalue weighted by molar-refractivity contribution is 7.12. The van der Waals surface area contributed by atoms with Gasteiger partial charge in [-0.3, -0.25) is 14.5 Å². The first-order valence-corrected chi connectivity index (χ1v) is 11.1. The summed E-state index contributed by atoms with van der Waals surface area (Å²) in [6, 6.07) is 11.4. The number of urea groups is 1. The third-order valence-electron chi connectivity index (χ3n) is 5.83. The lowest BCUT2D eigenvalue weighted by molar-refractivity contribution is -0.140. The summed E-state index contributed by atoms with van der Waals surface area (Å²) >= 11 is 1.51. The van der Waals surface area contributed by atoms with Crippen LogP contribution in [0.1, 0.15) is 35.6 Å². The van der Waals surface area contributed by atoms with Crippen molar-refractivity contribution in [1.29, 1.82) is 0 Å². The molecule has 1 aromatic carbocycles. The second-order valence-corrected chi connectivity index (χ2v) is 8.90. The van der Waals surface area contributed by atoms with Crippen molar-refractivity contribution in [3.8, 4) is 0 Å². The molecule has 1 N–H and O–H groups in total. The Bertz CT molecular complexity index is 1240. The first-order valence-electron chi connectivity index (χ1n) is 10.2. The van der Waals surface area contributed by atoms with Gasteiger partial charge in [0.2, 0.25) is 0 Å². The summed E-state index contributed by atoms with van der Waals surface area (Å²) in [5.74, 6) is -1.01. The molecule has 2 atom stereocenters. The molecule has 1 fully saturated rings. The molecule has 4 heterocycles. The van der Waals surface area contributed by atoms with E-state index in [1.165, 1.54) is 53.8 Å². The first kappa shape index (κ1) is 21.1. The number of amides is 4. The first-order chi connectivity index (χ1) is 15.9. The van der Waals surface area contributed by atoms with E-state index in [9.17, 15) is 18.8 Å². The van der Waals surface area contributed by atoms with Crippen molar-refractivity contribution in [3.63, 3.8) is 0 Å². The van der Waals surface area contributed by atoms with E-state index in [1.54, 1.807) is 12.1 Å². The van der Waals surface area contributed by atoms with Crippen LogP contribution in [0.15, 0.2) is 69.7 Å². The van der Waals surface area contributed by atoms with Crippen molar-refractivity contribution in [3.05, 3.63) is 82.2 Å². The number of carbonyl (C=O) groups is 3. The number of carbonyl (C=O) groups excluding carboxylic acids is 3. The number of nitrogens with zero attached hydrogens (tertiary/aromatic N) is 3. The van der Waals surface area contributed by atoms with E-state index < -0.39 is 41.8 Å². The van der Waals surface area contributed by atoms with E-state index >= 15 is 0 Å². The quantitative estimate of drug-likeness (QED) is 0.581. The Morgan fingerprint density at radius 3 is 2.70 bits per heavy atom. The molecule has 0 saturated carbocycles. The van der Waals surface area contributed by atoms with Crippen LogP contribution in [-0.2, 0) is 15.1 Å². The van der Waals surface area contributed by atoms with Gasteiger partial charge in [0.15, 0.2) is 0 Å². The van der Waals surface area contributed by atoms with Crippen LogP contribution < -0.4 is 5.32 Å². The Kier molecular flexibility index (Phi) is 5.09. The summed E-state index contributed by atoms with van der Waals surface area (Å²) in [6.45, 7) is 1.04. The summed E-state index contributed by atoms with van der Waals surface area (Å²) in [4.78, 5) is 40.9. The van der Waals surface area contributed by atoms with Gasteiger partial charge in [-0.25, -0.2) is 14.2 Å². The standard InChI is InChI=1S/C23H19FN4O4S/c1-23(14-6-8-15(24)9-7-14)21(30)27(22(31)25-23)13-20(29)28-17(18-4-2-10-32-18)12-16(26-28)19-5-3-11-33-19/h2-11,17H,12-13H2,1H3,(H,25,31). The highest BCUT2D eigenvalue weighted by Gasteiger charge is 2.50. The Morgan fingerprint density at radius 1 is 1.24 bits per heavy atom. The number of thiophene rings is 1. The Hall–Kier alpha value is -3.79. The Labute approximate surface area is 192 Å². The lowest BCUT2D eigenvalue weighted by Crippen LogP contribution is -2.43. The highest BCUT2D eigenvalue weighted by atomic mass is 32.1. The molecule has 2 aliphatic heterocycles. The molecule has 4 amide bonds. The van der Waals surface area contributed by atoms with Gasteiger partial charge in [-0.1, -0.05) is 18.2 Å². The van der Waals surface area contributed by atoms with E-state index in [4.69, 9.17) is 4.42 Å². The molecule has 0 aliphatic carbocycles. The van der Waals surface area contributed by atoms with Gasteiger partial charge in [-0.2, -0.15) is 5.10 Å². The molecule has 33 heavy (non-hydrogen) atoms. The normalized spacial score (nSPS) is 22.6. The van der Waals surface area contributed by atoms with E-state index in [1.807, 2.05) is 17.5 Å². The minimum absolute atomic E-state index is 0.421. The van der Waals surface area contributed by atoms with Crippen molar-refractivity contribution in [2.24, 2.45) is 5.10 Å². The topological polar surface area (TPSA) is 95.2 Å². The van der Waals surface area contributed by atoms with Crippen LogP contribution in [0.4, 0.5) is 9.18 Å². The number of furan rings is 1. The molecule has 1 saturated heterocycles. The number of hydrazone groups is 1. The smallest absolute Gasteiger partial charge is 0.325 e. The van der Waals surface area contributed by atoms with Crippen LogP contribution >= 0.6 is 11.3 Å². The maximum atomic E-state index is 13.3. The summed E-state index contributed by atoms with van der Waals surface area (Å²) in [6.07, 6.45) is 1.97. The lowest BCUT2D eigenvalue weighted by atomic mass is 9.92. The van der Waals surface area contributed by atoms with Crippen molar-refractivity contribution in [1.82, 2.24) is 15.2 Å². The fourth-order valence-electron chi connectivity index (χ4n) is 4.06. The molecule has 10 heteroatoms. The van der Waals surface area contributed by atoms with Crippen molar-refractivity contribution in [2.75, 3.05) is 6.54 Å². The van der Waals surface area contributed by atoms with Gasteiger partial charge in [0.1, 0.15) is 29.7 Å². The minimum atomic E-state index is -1.40. The number of hydrogen-bond donors (Lipinski definition) is 1. The zero-order chi connectivity index (χ0) is 23.2. The molecule has 8 nitrogen and oxygen atoms in total. The molecule has 0 bridgehead atoms. The van der Waals surface area contributed by atoms with Gasteiger partial charge in [-0.15, -0.1) is 11.3 Å². The molecule has 168 valence electrons. The largest absolute Gasteiger partial charge is 0.467 e. The summed E-state index contributed by atoms with van der Waals surface area (Å²) < 4.78 is 18.9. The van der Waals surface area contributed by atoms with Crippen molar-refractivity contribution in [2.45, 2.75) is 24.9 Å². The zero-order valence-electron chi connectivity index (χ0n) is 17.5. The van der Waals surface area contributed by atoms with Gasteiger partial charge in [-0.05, 0) is 48.2 Å². The summed E-state index contributed by atoms with van der Waals surface area (Å²) in [7, 11) is 0. The van der Waals surface area contributed by atoms with E-state index in [0.29, 0.717) is 17.7 Å².